The molecule has 0 saturated carbocycles. The van der Waals surface area contributed by atoms with Crippen LogP contribution in [0.1, 0.15) is 16.1 Å². The first-order chi connectivity index (χ1) is 16.0. The standard InChI is InChI=1S/C24H22ClN3O5/c1-15-21(22(26-33-15)16-6-2-3-7-17(16)25)24(30)28-12-10-27(11-13-28)23(29)20-14-31-18-8-4-5-9-19(18)32-20/h2-9,20H,10-14H2,1H3. The minimum atomic E-state index is -0.700. The molecule has 5 rings (SSSR count). The van der Waals surface area contributed by atoms with Crippen LogP contribution in [-0.4, -0.2) is 65.7 Å². The largest absolute Gasteiger partial charge is 0.485 e. The Labute approximate surface area is 195 Å². The molecule has 3 aromatic rings. The summed E-state index contributed by atoms with van der Waals surface area (Å²) in [5.74, 6) is 1.29. The number of nitrogens with zero attached hydrogens (tertiary/aromatic N) is 3. The van der Waals surface area contributed by atoms with Crippen LogP contribution in [-0.2, 0) is 4.79 Å². The number of amides is 2. The van der Waals surface area contributed by atoms with Gasteiger partial charge in [0.1, 0.15) is 23.6 Å². The molecule has 33 heavy (non-hydrogen) atoms. The van der Waals surface area contributed by atoms with E-state index in [4.69, 9.17) is 25.6 Å². The van der Waals surface area contributed by atoms with Crippen molar-refractivity contribution in [2.75, 3.05) is 32.8 Å². The fraction of sp³-hybridized carbons (Fsp3) is 0.292. The first-order valence-corrected chi connectivity index (χ1v) is 11.1. The number of hydrogen-bond acceptors (Lipinski definition) is 6. The van der Waals surface area contributed by atoms with Crippen molar-refractivity contribution in [2.24, 2.45) is 0 Å². The maximum Gasteiger partial charge on any atom is 0.267 e. The summed E-state index contributed by atoms with van der Waals surface area (Å²) in [6.45, 7) is 3.45. The number of aromatic nitrogens is 1. The van der Waals surface area contributed by atoms with E-state index in [1.807, 2.05) is 30.3 Å². The zero-order chi connectivity index (χ0) is 22.9. The van der Waals surface area contributed by atoms with Crippen LogP contribution in [0.25, 0.3) is 11.3 Å². The molecular weight excluding hydrogens is 446 g/mol. The fourth-order valence-corrected chi connectivity index (χ4v) is 4.32. The molecule has 1 fully saturated rings. The van der Waals surface area contributed by atoms with Crippen molar-refractivity contribution in [1.29, 1.82) is 0 Å². The zero-order valence-corrected chi connectivity index (χ0v) is 18.7. The van der Waals surface area contributed by atoms with Gasteiger partial charge < -0.3 is 23.8 Å². The van der Waals surface area contributed by atoms with Gasteiger partial charge in [0.25, 0.3) is 11.8 Å². The highest BCUT2D eigenvalue weighted by Crippen LogP contribution is 2.33. The van der Waals surface area contributed by atoms with Crippen LogP contribution in [0, 0.1) is 6.92 Å². The molecular formula is C24H22ClN3O5. The van der Waals surface area contributed by atoms with Gasteiger partial charge in [-0.25, -0.2) is 0 Å². The second kappa shape index (κ2) is 8.78. The molecule has 1 atom stereocenters. The number of ether oxygens (including phenoxy) is 2. The predicted molar refractivity (Wildman–Crippen MR) is 121 cm³/mol. The van der Waals surface area contributed by atoms with Gasteiger partial charge in [0.2, 0.25) is 6.10 Å². The van der Waals surface area contributed by atoms with Gasteiger partial charge in [-0.15, -0.1) is 0 Å². The van der Waals surface area contributed by atoms with Crippen molar-refractivity contribution >= 4 is 23.4 Å². The minimum Gasteiger partial charge on any atom is -0.485 e. The molecule has 0 spiro atoms. The molecule has 9 heteroatoms. The van der Waals surface area contributed by atoms with Crippen LogP contribution in [0.15, 0.2) is 53.1 Å². The average molecular weight is 468 g/mol. The molecule has 1 unspecified atom stereocenters. The first kappa shape index (κ1) is 21.3. The molecule has 3 heterocycles. The Kier molecular flexibility index (Phi) is 5.68. The number of halogens is 1. The Morgan fingerprint density at radius 1 is 0.970 bits per heavy atom. The van der Waals surface area contributed by atoms with Gasteiger partial charge in [0, 0.05) is 31.7 Å². The zero-order valence-electron chi connectivity index (χ0n) is 18.0. The minimum absolute atomic E-state index is 0.144. The predicted octanol–water partition coefficient (Wildman–Crippen LogP) is 3.43. The molecule has 1 aromatic heterocycles. The Morgan fingerprint density at radius 2 is 1.64 bits per heavy atom. The second-order valence-electron chi connectivity index (χ2n) is 7.92. The van der Waals surface area contributed by atoms with E-state index in [1.54, 1.807) is 34.9 Å². The summed E-state index contributed by atoms with van der Waals surface area (Å²) in [5.41, 5.74) is 1.46. The summed E-state index contributed by atoms with van der Waals surface area (Å²) < 4.78 is 16.8. The number of fused-ring (bicyclic) bond motifs is 1. The van der Waals surface area contributed by atoms with Gasteiger partial charge in [0.15, 0.2) is 11.5 Å². The second-order valence-corrected chi connectivity index (χ2v) is 8.33. The van der Waals surface area contributed by atoms with Crippen molar-refractivity contribution in [3.8, 4) is 22.8 Å². The molecule has 170 valence electrons. The monoisotopic (exact) mass is 467 g/mol. The lowest BCUT2D eigenvalue weighted by molar-refractivity contribution is -0.142. The Hall–Kier alpha value is -3.52. The Balaban J connectivity index is 1.26. The number of aryl methyl sites for hydroxylation is 1. The molecule has 2 amide bonds. The number of piperazine rings is 1. The number of para-hydroxylation sites is 2. The van der Waals surface area contributed by atoms with Gasteiger partial charge in [-0.3, -0.25) is 9.59 Å². The smallest absolute Gasteiger partial charge is 0.267 e. The van der Waals surface area contributed by atoms with E-state index in [0.717, 1.165) is 0 Å². The van der Waals surface area contributed by atoms with E-state index < -0.39 is 6.10 Å². The van der Waals surface area contributed by atoms with Gasteiger partial charge >= 0.3 is 0 Å². The molecule has 0 radical (unpaired) electrons. The number of carbonyl (C=O) groups excluding carboxylic acids is 2. The third-order valence-electron chi connectivity index (χ3n) is 5.87. The molecule has 0 N–H and O–H groups in total. The lowest BCUT2D eigenvalue weighted by Gasteiger charge is -2.37. The molecule has 0 aliphatic carbocycles. The normalized spacial score (nSPS) is 17.7. The molecule has 1 saturated heterocycles. The van der Waals surface area contributed by atoms with E-state index in [1.165, 1.54) is 0 Å². The lowest BCUT2D eigenvalue weighted by Crippen LogP contribution is -2.55. The van der Waals surface area contributed by atoms with Crippen LogP contribution in [0.5, 0.6) is 11.5 Å². The molecule has 2 aliphatic heterocycles. The number of benzene rings is 2. The summed E-state index contributed by atoms with van der Waals surface area (Å²) in [4.78, 5) is 29.7. The SMILES string of the molecule is Cc1onc(-c2ccccc2Cl)c1C(=O)N1CCN(C(=O)C2COc3ccccc3O2)CC1. The quantitative estimate of drug-likeness (QED) is 0.586. The average Bonchev–Trinajstić information content (AvgIpc) is 3.24. The Morgan fingerprint density at radius 3 is 2.39 bits per heavy atom. The van der Waals surface area contributed by atoms with Crippen molar-refractivity contribution in [2.45, 2.75) is 13.0 Å². The number of hydrogen-bond donors (Lipinski definition) is 0. The van der Waals surface area contributed by atoms with Gasteiger partial charge in [-0.1, -0.05) is 47.1 Å². The third kappa shape index (κ3) is 4.02. The highest BCUT2D eigenvalue weighted by atomic mass is 35.5. The highest BCUT2D eigenvalue weighted by molar-refractivity contribution is 6.33. The van der Waals surface area contributed by atoms with Gasteiger partial charge in [-0.05, 0) is 25.1 Å². The van der Waals surface area contributed by atoms with Crippen molar-refractivity contribution < 1.29 is 23.6 Å². The molecule has 0 bridgehead atoms. The van der Waals surface area contributed by atoms with Gasteiger partial charge in [0.05, 0.1) is 5.02 Å². The maximum absolute atomic E-state index is 13.3. The lowest BCUT2D eigenvalue weighted by atomic mass is 10.0. The van der Waals surface area contributed by atoms with E-state index in [-0.39, 0.29) is 18.4 Å². The summed E-state index contributed by atoms with van der Waals surface area (Å²) >= 11 is 6.32. The number of carbonyl (C=O) groups is 2. The highest BCUT2D eigenvalue weighted by Gasteiger charge is 2.35. The van der Waals surface area contributed by atoms with Crippen molar-refractivity contribution in [3.05, 3.63) is 64.9 Å². The third-order valence-corrected chi connectivity index (χ3v) is 6.20. The molecule has 2 aromatic carbocycles. The van der Waals surface area contributed by atoms with Crippen LogP contribution in [0.4, 0.5) is 0 Å². The van der Waals surface area contributed by atoms with Crippen LogP contribution >= 0.6 is 11.6 Å². The summed E-state index contributed by atoms with van der Waals surface area (Å²) in [5, 5.41) is 4.58. The van der Waals surface area contributed by atoms with Crippen molar-refractivity contribution in [1.82, 2.24) is 15.0 Å². The van der Waals surface area contributed by atoms with Crippen LogP contribution in [0.3, 0.4) is 0 Å². The maximum atomic E-state index is 13.3. The fourth-order valence-electron chi connectivity index (χ4n) is 4.09. The molecule has 8 nitrogen and oxygen atoms in total. The van der Waals surface area contributed by atoms with E-state index in [0.29, 0.717) is 65.3 Å². The summed E-state index contributed by atoms with van der Waals surface area (Å²) in [6.07, 6.45) is -0.700. The van der Waals surface area contributed by atoms with Gasteiger partial charge in [-0.2, -0.15) is 0 Å². The van der Waals surface area contributed by atoms with E-state index in [9.17, 15) is 9.59 Å². The van der Waals surface area contributed by atoms with Crippen LogP contribution < -0.4 is 9.47 Å². The van der Waals surface area contributed by atoms with E-state index >= 15 is 0 Å². The topological polar surface area (TPSA) is 85.1 Å². The first-order valence-electron chi connectivity index (χ1n) is 10.7. The van der Waals surface area contributed by atoms with Crippen molar-refractivity contribution in [3.63, 3.8) is 0 Å². The summed E-state index contributed by atoms with van der Waals surface area (Å²) in [7, 11) is 0. The van der Waals surface area contributed by atoms with Crippen LogP contribution in [0.2, 0.25) is 5.02 Å². The number of rotatable bonds is 3. The van der Waals surface area contributed by atoms with E-state index in [2.05, 4.69) is 5.16 Å². The molecule has 2 aliphatic rings. The Bertz CT molecular complexity index is 1200. The summed E-state index contributed by atoms with van der Waals surface area (Å²) in [6, 6.07) is 14.5.